The number of carboxylic acid groups (broad SMARTS) is 1. The first-order chi connectivity index (χ1) is 10.8. The standard InChI is InChI=1S/C16H22N4O3/c1-5-11(4)19(9-14(21)22)16(23)13-6-12-8-18-20(10(2)3)15(12)17-7-13/h6-8,10-11H,5,9H2,1-4H3,(H,21,22). The van der Waals surface area contributed by atoms with Gasteiger partial charge >= 0.3 is 5.97 Å². The van der Waals surface area contributed by atoms with Crippen LogP contribution in [0, 0.1) is 0 Å². The molecule has 0 saturated carbocycles. The first kappa shape index (κ1) is 16.9. The summed E-state index contributed by atoms with van der Waals surface area (Å²) in [5, 5.41) is 14.1. The van der Waals surface area contributed by atoms with Gasteiger partial charge in [-0.15, -0.1) is 0 Å². The molecule has 1 amide bonds. The molecule has 7 heteroatoms. The molecule has 0 aliphatic carbocycles. The van der Waals surface area contributed by atoms with Crippen LogP contribution in [0.2, 0.25) is 0 Å². The molecule has 0 aliphatic heterocycles. The number of carbonyl (C=O) groups is 2. The van der Waals surface area contributed by atoms with Gasteiger partial charge in [-0.25, -0.2) is 9.67 Å². The maximum atomic E-state index is 12.7. The van der Waals surface area contributed by atoms with Crippen molar-refractivity contribution in [3.8, 4) is 0 Å². The Bertz CT molecular complexity index is 723. The summed E-state index contributed by atoms with van der Waals surface area (Å²) in [5.41, 5.74) is 1.09. The van der Waals surface area contributed by atoms with Crippen LogP contribution >= 0.6 is 0 Å². The number of carboxylic acids is 1. The second-order valence-corrected chi connectivity index (χ2v) is 5.90. The quantitative estimate of drug-likeness (QED) is 0.883. The summed E-state index contributed by atoms with van der Waals surface area (Å²) >= 11 is 0. The SMILES string of the molecule is CCC(C)N(CC(=O)O)C(=O)c1cnc2c(cnn2C(C)C)c1. The van der Waals surface area contributed by atoms with E-state index in [4.69, 9.17) is 5.11 Å². The van der Waals surface area contributed by atoms with Crippen molar-refractivity contribution in [2.24, 2.45) is 0 Å². The Balaban J connectivity index is 2.37. The Hall–Kier alpha value is -2.44. The molecule has 124 valence electrons. The van der Waals surface area contributed by atoms with Gasteiger partial charge in [0.1, 0.15) is 6.54 Å². The van der Waals surface area contributed by atoms with Crippen LogP contribution in [-0.2, 0) is 4.79 Å². The summed E-state index contributed by atoms with van der Waals surface area (Å²) < 4.78 is 1.78. The molecule has 2 aromatic rings. The van der Waals surface area contributed by atoms with Crippen molar-refractivity contribution in [2.45, 2.75) is 46.2 Å². The van der Waals surface area contributed by atoms with Crippen molar-refractivity contribution in [3.63, 3.8) is 0 Å². The maximum absolute atomic E-state index is 12.7. The molecule has 2 heterocycles. The fraction of sp³-hybridized carbons (Fsp3) is 0.500. The van der Waals surface area contributed by atoms with Crippen molar-refractivity contribution in [1.29, 1.82) is 0 Å². The minimum atomic E-state index is -1.03. The summed E-state index contributed by atoms with van der Waals surface area (Å²) in [7, 11) is 0. The number of hydrogen-bond acceptors (Lipinski definition) is 4. The Morgan fingerprint density at radius 1 is 1.30 bits per heavy atom. The molecule has 0 radical (unpaired) electrons. The average molecular weight is 318 g/mol. The molecule has 0 aliphatic rings. The van der Waals surface area contributed by atoms with E-state index in [1.54, 1.807) is 16.9 Å². The molecule has 2 aromatic heterocycles. The first-order valence-corrected chi connectivity index (χ1v) is 7.71. The Morgan fingerprint density at radius 2 is 2.00 bits per heavy atom. The molecule has 23 heavy (non-hydrogen) atoms. The first-order valence-electron chi connectivity index (χ1n) is 7.71. The van der Waals surface area contributed by atoms with E-state index < -0.39 is 5.97 Å². The van der Waals surface area contributed by atoms with Crippen LogP contribution in [0.25, 0.3) is 11.0 Å². The highest BCUT2D eigenvalue weighted by molar-refractivity contribution is 5.98. The largest absolute Gasteiger partial charge is 0.480 e. The van der Waals surface area contributed by atoms with Gasteiger partial charge in [0.25, 0.3) is 5.91 Å². The summed E-state index contributed by atoms with van der Waals surface area (Å²) in [6.07, 6.45) is 3.84. The number of pyridine rings is 1. The number of carbonyl (C=O) groups excluding carboxylic acids is 1. The number of aromatic nitrogens is 3. The predicted molar refractivity (Wildman–Crippen MR) is 86.3 cm³/mol. The summed E-state index contributed by atoms with van der Waals surface area (Å²) in [5.74, 6) is -1.35. The molecule has 1 N–H and O–H groups in total. The summed E-state index contributed by atoms with van der Waals surface area (Å²) in [6, 6.07) is 1.73. The van der Waals surface area contributed by atoms with Gasteiger partial charge in [0.15, 0.2) is 5.65 Å². The van der Waals surface area contributed by atoms with Crippen LogP contribution in [0.4, 0.5) is 0 Å². The van der Waals surface area contributed by atoms with Crippen molar-refractivity contribution < 1.29 is 14.7 Å². The lowest BCUT2D eigenvalue weighted by Crippen LogP contribution is -2.41. The average Bonchev–Trinajstić information content (AvgIpc) is 2.94. The van der Waals surface area contributed by atoms with Crippen molar-refractivity contribution >= 4 is 22.9 Å². The Labute approximate surface area is 134 Å². The van der Waals surface area contributed by atoms with Crippen molar-refractivity contribution in [1.82, 2.24) is 19.7 Å². The normalized spacial score (nSPS) is 12.6. The van der Waals surface area contributed by atoms with Crippen LogP contribution < -0.4 is 0 Å². The molecule has 0 fully saturated rings. The fourth-order valence-corrected chi connectivity index (χ4v) is 2.39. The topological polar surface area (TPSA) is 88.3 Å². The van der Waals surface area contributed by atoms with Crippen LogP contribution in [-0.4, -0.2) is 49.2 Å². The van der Waals surface area contributed by atoms with Gasteiger partial charge in [0.2, 0.25) is 0 Å². The summed E-state index contributed by atoms with van der Waals surface area (Å²) in [6.45, 7) is 7.44. The zero-order chi connectivity index (χ0) is 17.1. The number of aliphatic carboxylic acids is 1. The van der Waals surface area contributed by atoms with E-state index in [1.807, 2.05) is 27.7 Å². The highest BCUT2D eigenvalue weighted by Gasteiger charge is 2.23. The third kappa shape index (κ3) is 3.49. The van der Waals surface area contributed by atoms with Gasteiger partial charge in [-0.1, -0.05) is 6.92 Å². The molecule has 2 rings (SSSR count). The molecule has 1 atom stereocenters. The molecule has 0 bridgehead atoms. The lowest BCUT2D eigenvalue weighted by Gasteiger charge is -2.26. The van der Waals surface area contributed by atoms with Gasteiger partial charge in [0, 0.05) is 23.7 Å². The van der Waals surface area contributed by atoms with Crippen LogP contribution in [0.1, 0.15) is 50.5 Å². The maximum Gasteiger partial charge on any atom is 0.323 e. The van der Waals surface area contributed by atoms with Gasteiger partial charge in [-0.05, 0) is 33.3 Å². The third-order valence-corrected chi connectivity index (χ3v) is 3.86. The van der Waals surface area contributed by atoms with Crippen molar-refractivity contribution in [2.75, 3.05) is 6.54 Å². The van der Waals surface area contributed by atoms with Crippen molar-refractivity contribution in [3.05, 3.63) is 24.0 Å². The van der Waals surface area contributed by atoms with E-state index in [9.17, 15) is 9.59 Å². The van der Waals surface area contributed by atoms with E-state index in [0.29, 0.717) is 17.6 Å². The van der Waals surface area contributed by atoms with E-state index >= 15 is 0 Å². The second kappa shape index (κ2) is 6.76. The molecular weight excluding hydrogens is 296 g/mol. The zero-order valence-corrected chi connectivity index (χ0v) is 13.9. The molecule has 0 spiro atoms. The lowest BCUT2D eigenvalue weighted by molar-refractivity contribution is -0.138. The van der Waals surface area contributed by atoms with Crippen LogP contribution in [0.3, 0.4) is 0 Å². The van der Waals surface area contributed by atoms with Crippen LogP contribution in [0.15, 0.2) is 18.5 Å². The monoisotopic (exact) mass is 318 g/mol. The Kier molecular flexibility index (Phi) is 4.98. The summed E-state index contributed by atoms with van der Waals surface area (Å²) in [4.78, 5) is 29.4. The third-order valence-electron chi connectivity index (χ3n) is 3.86. The predicted octanol–water partition coefficient (Wildman–Crippen LogP) is 2.34. The zero-order valence-electron chi connectivity index (χ0n) is 13.9. The number of amides is 1. The number of rotatable bonds is 6. The van der Waals surface area contributed by atoms with E-state index in [-0.39, 0.29) is 24.5 Å². The highest BCUT2D eigenvalue weighted by Crippen LogP contribution is 2.18. The van der Waals surface area contributed by atoms with E-state index in [1.165, 1.54) is 11.1 Å². The van der Waals surface area contributed by atoms with Gasteiger partial charge in [0.05, 0.1) is 11.8 Å². The number of nitrogens with zero attached hydrogens (tertiary/aromatic N) is 4. The molecule has 0 saturated heterocycles. The number of fused-ring (bicyclic) bond motifs is 1. The molecule has 1 unspecified atom stereocenters. The Morgan fingerprint density at radius 3 is 2.57 bits per heavy atom. The second-order valence-electron chi connectivity index (χ2n) is 5.90. The lowest BCUT2D eigenvalue weighted by atomic mass is 10.1. The van der Waals surface area contributed by atoms with Gasteiger partial charge < -0.3 is 10.0 Å². The molecule has 7 nitrogen and oxygen atoms in total. The minimum absolute atomic E-state index is 0.160. The minimum Gasteiger partial charge on any atom is -0.480 e. The highest BCUT2D eigenvalue weighted by atomic mass is 16.4. The molecular formula is C16H22N4O3. The fourth-order valence-electron chi connectivity index (χ4n) is 2.39. The number of hydrogen-bond donors (Lipinski definition) is 1. The van der Waals surface area contributed by atoms with E-state index in [0.717, 1.165) is 5.39 Å². The van der Waals surface area contributed by atoms with Gasteiger partial charge in [-0.2, -0.15) is 5.10 Å². The van der Waals surface area contributed by atoms with Crippen LogP contribution in [0.5, 0.6) is 0 Å². The van der Waals surface area contributed by atoms with E-state index in [2.05, 4.69) is 10.1 Å². The smallest absolute Gasteiger partial charge is 0.323 e. The van der Waals surface area contributed by atoms with Gasteiger partial charge in [-0.3, -0.25) is 9.59 Å². The molecule has 0 aromatic carbocycles.